The lowest BCUT2D eigenvalue weighted by atomic mass is 10.1. The van der Waals surface area contributed by atoms with Gasteiger partial charge in [-0.15, -0.1) is 0 Å². The van der Waals surface area contributed by atoms with Gasteiger partial charge in [0, 0.05) is 19.6 Å². The van der Waals surface area contributed by atoms with Crippen molar-refractivity contribution in [3.05, 3.63) is 0 Å². The average molecular weight is 239 g/mol. The van der Waals surface area contributed by atoms with Gasteiger partial charge in [0.2, 0.25) is 5.91 Å². The molecule has 0 spiro atoms. The van der Waals surface area contributed by atoms with E-state index in [9.17, 15) is 4.79 Å². The van der Waals surface area contributed by atoms with Crippen LogP contribution in [0.25, 0.3) is 0 Å². The molecule has 2 aliphatic rings. The Bertz CT molecular complexity index is 231. The van der Waals surface area contributed by atoms with Crippen LogP contribution in [0.5, 0.6) is 0 Å². The highest BCUT2D eigenvalue weighted by molar-refractivity contribution is 5.78. The molecule has 1 amide bonds. The molecular weight excluding hydrogens is 214 g/mol. The molecule has 1 saturated carbocycles. The molecule has 1 aliphatic heterocycles. The molecule has 0 atom stereocenters. The van der Waals surface area contributed by atoms with Crippen LogP contribution in [0, 0.1) is 5.92 Å². The fourth-order valence-electron chi connectivity index (χ4n) is 2.79. The topological polar surface area (TPSA) is 44.4 Å². The Labute approximate surface area is 104 Å². The minimum Gasteiger partial charge on any atom is -0.355 e. The number of hydrogen-bond donors (Lipinski definition) is 2. The second-order valence-electron chi connectivity index (χ2n) is 5.33. The van der Waals surface area contributed by atoms with Crippen LogP contribution in [0.1, 0.15) is 32.1 Å². The van der Waals surface area contributed by atoms with E-state index >= 15 is 0 Å². The minimum atomic E-state index is 0.207. The van der Waals surface area contributed by atoms with Crippen LogP contribution in [-0.4, -0.2) is 50.1 Å². The van der Waals surface area contributed by atoms with Gasteiger partial charge in [0.15, 0.2) is 0 Å². The highest BCUT2D eigenvalue weighted by Gasteiger charge is 2.17. The molecule has 1 heterocycles. The highest BCUT2D eigenvalue weighted by atomic mass is 16.2. The first-order valence-electron chi connectivity index (χ1n) is 7.04. The third-order valence-electron chi connectivity index (χ3n) is 3.86. The van der Waals surface area contributed by atoms with Gasteiger partial charge in [0.25, 0.3) is 0 Å². The SMILES string of the molecule is O=C(CN1CCCNCC1)NCC1CCCC1. The van der Waals surface area contributed by atoms with E-state index in [2.05, 4.69) is 15.5 Å². The second-order valence-corrected chi connectivity index (χ2v) is 5.33. The summed E-state index contributed by atoms with van der Waals surface area (Å²) in [6.45, 7) is 5.61. The van der Waals surface area contributed by atoms with Crippen LogP contribution in [0.3, 0.4) is 0 Å². The molecule has 1 aliphatic carbocycles. The van der Waals surface area contributed by atoms with Crippen molar-refractivity contribution in [3.8, 4) is 0 Å². The van der Waals surface area contributed by atoms with Crippen molar-refractivity contribution in [2.75, 3.05) is 39.3 Å². The normalized spacial score (nSPS) is 23.5. The third-order valence-corrected chi connectivity index (χ3v) is 3.86. The van der Waals surface area contributed by atoms with E-state index in [1.807, 2.05) is 0 Å². The van der Waals surface area contributed by atoms with Gasteiger partial charge in [0.05, 0.1) is 6.54 Å². The molecule has 0 bridgehead atoms. The van der Waals surface area contributed by atoms with Crippen molar-refractivity contribution in [1.29, 1.82) is 0 Å². The smallest absolute Gasteiger partial charge is 0.234 e. The van der Waals surface area contributed by atoms with E-state index in [4.69, 9.17) is 0 Å². The molecule has 2 fully saturated rings. The van der Waals surface area contributed by atoms with Crippen LogP contribution in [0.2, 0.25) is 0 Å². The van der Waals surface area contributed by atoms with Gasteiger partial charge >= 0.3 is 0 Å². The van der Waals surface area contributed by atoms with E-state index in [1.165, 1.54) is 25.7 Å². The monoisotopic (exact) mass is 239 g/mol. The molecule has 17 heavy (non-hydrogen) atoms. The number of amides is 1. The zero-order valence-electron chi connectivity index (χ0n) is 10.7. The molecule has 1 saturated heterocycles. The lowest BCUT2D eigenvalue weighted by molar-refractivity contribution is -0.122. The molecule has 2 rings (SSSR count). The van der Waals surface area contributed by atoms with E-state index in [-0.39, 0.29) is 5.91 Å². The summed E-state index contributed by atoms with van der Waals surface area (Å²) in [5, 5.41) is 6.45. The standard InChI is InChI=1S/C13H25N3O/c17-13(15-10-12-4-1-2-5-12)11-16-8-3-6-14-7-9-16/h12,14H,1-11H2,(H,15,17). The lowest BCUT2D eigenvalue weighted by Gasteiger charge is -2.19. The Hall–Kier alpha value is -0.610. The van der Waals surface area contributed by atoms with Crippen LogP contribution < -0.4 is 10.6 Å². The summed E-state index contributed by atoms with van der Waals surface area (Å²) < 4.78 is 0. The zero-order valence-corrected chi connectivity index (χ0v) is 10.7. The maximum atomic E-state index is 11.8. The number of rotatable bonds is 4. The molecular formula is C13H25N3O. The van der Waals surface area contributed by atoms with E-state index in [0.29, 0.717) is 6.54 Å². The molecule has 4 nitrogen and oxygen atoms in total. The summed E-state index contributed by atoms with van der Waals surface area (Å²) in [6, 6.07) is 0. The summed E-state index contributed by atoms with van der Waals surface area (Å²) in [4.78, 5) is 14.1. The zero-order chi connectivity index (χ0) is 11.9. The van der Waals surface area contributed by atoms with Crippen LogP contribution in [-0.2, 0) is 4.79 Å². The van der Waals surface area contributed by atoms with Crippen molar-refractivity contribution < 1.29 is 4.79 Å². The Morgan fingerprint density at radius 1 is 1.18 bits per heavy atom. The van der Waals surface area contributed by atoms with Crippen molar-refractivity contribution >= 4 is 5.91 Å². The number of nitrogens with one attached hydrogen (secondary N) is 2. The molecule has 2 N–H and O–H groups in total. The van der Waals surface area contributed by atoms with Crippen LogP contribution in [0.15, 0.2) is 0 Å². The average Bonchev–Trinajstić information content (AvgIpc) is 2.72. The van der Waals surface area contributed by atoms with E-state index < -0.39 is 0 Å². The Kier molecular flexibility index (Phi) is 5.26. The molecule has 98 valence electrons. The quantitative estimate of drug-likeness (QED) is 0.754. The van der Waals surface area contributed by atoms with Crippen LogP contribution >= 0.6 is 0 Å². The third kappa shape index (κ3) is 4.64. The molecule has 0 aromatic rings. The summed E-state index contributed by atoms with van der Waals surface area (Å²) in [7, 11) is 0. The maximum Gasteiger partial charge on any atom is 0.234 e. The number of carbonyl (C=O) groups excluding carboxylic acids is 1. The van der Waals surface area contributed by atoms with Gasteiger partial charge in [-0.3, -0.25) is 9.69 Å². The summed E-state index contributed by atoms with van der Waals surface area (Å²) in [5.74, 6) is 0.948. The first-order chi connectivity index (χ1) is 8.34. The predicted molar refractivity (Wildman–Crippen MR) is 68.9 cm³/mol. The number of nitrogens with zero attached hydrogens (tertiary/aromatic N) is 1. The number of carbonyl (C=O) groups is 1. The fourth-order valence-corrected chi connectivity index (χ4v) is 2.79. The largest absolute Gasteiger partial charge is 0.355 e. The lowest BCUT2D eigenvalue weighted by Crippen LogP contribution is -2.40. The van der Waals surface area contributed by atoms with Crippen molar-refractivity contribution in [2.45, 2.75) is 32.1 Å². The summed E-state index contributed by atoms with van der Waals surface area (Å²) >= 11 is 0. The highest BCUT2D eigenvalue weighted by Crippen LogP contribution is 2.23. The Morgan fingerprint density at radius 2 is 2.00 bits per heavy atom. The summed E-state index contributed by atoms with van der Waals surface area (Å²) in [6.07, 6.45) is 6.44. The number of hydrogen-bond acceptors (Lipinski definition) is 3. The molecule has 0 aromatic heterocycles. The van der Waals surface area contributed by atoms with E-state index in [1.54, 1.807) is 0 Å². The predicted octanol–water partition coefficient (Wildman–Crippen LogP) is 0.588. The van der Waals surface area contributed by atoms with Crippen molar-refractivity contribution in [1.82, 2.24) is 15.5 Å². The van der Waals surface area contributed by atoms with Gasteiger partial charge in [-0.1, -0.05) is 12.8 Å². The van der Waals surface area contributed by atoms with Gasteiger partial charge < -0.3 is 10.6 Å². The van der Waals surface area contributed by atoms with E-state index in [0.717, 1.165) is 45.1 Å². The van der Waals surface area contributed by atoms with Gasteiger partial charge in [-0.05, 0) is 38.3 Å². The van der Waals surface area contributed by atoms with Crippen LogP contribution in [0.4, 0.5) is 0 Å². The second kappa shape index (κ2) is 6.97. The Morgan fingerprint density at radius 3 is 2.82 bits per heavy atom. The summed E-state index contributed by atoms with van der Waals surface area (Å²) in [5.41, 5.74) is 0. The molecule has 0 unspecified atom stereocenters. The molecule has 0 radical (unpaired) electrons. The fraction of sp³-hybridized carbons (Fsp3) is 0.923. The van der Waals surface area contributed by atoms with Gasteiger partial charge in [-0.2, -0.15) is 0 Å². The first-order valence-corrected chi connectivity index (χ1v) is 7.04. The van der Waals surface area contributed by atoms with Gasteiger partial charge in [0.1, 0.15) is 0 Å². The maximum absolute atomic E-state index is 11.8. The van der Waals surface area contributed by atoms with Gasteiger partial charge in [-0.25, -0.2) is 0 Å². The molecule has 4 heteroatoms. The van der Waals surface area contributed by atoms with Crippen molar-refractivity contribution in [2.24, 2.45) is 5.92 Å². The van der Waals surface area contributed by atoms with Crippen molar-refractivity contribution in [3.63, 3.8) is 0 Å². The first kappa shape index (κ1) is 12.8. The molecule has 0 aromatic carbocycles. The Balaban J connectivity index is 1.61. The minimum absolute atomic E-state index is 0.207.